The molecule has 0 aromatic carbocycles. The monoisotopic (exact) mass is 255 g/mol. The van der Waals surface area contributed by atoms with Gasteiger partial charge in [0.1, 0.15) is 5.41 Å². The van der Waals surface area contributed by atoms with Gasteiger partial charge in [0, 0.05) is 24.8 Å². The summed E-state index contributed by atoms with van der Waals surface area (Å²) in [5, 5.41) is 0. The van der Waals surface area contributed by atoms with Gasteiger partial charge in [-0.05, 0) is 29.2 Å². The van der Waals surface area contributed by atoms with Crippen LogP contribution in [-0.4, -0.2) is 15.9 Å². The van der Waals surface area contributed by atoms with Crippen LogP contribution in [0.5, 0.6) is 0 Å². The summed E-state index contributed by atoms with van der Waals surface area (Å²) in [6.07, 6.45) is 6.74. The molecule has 19 heavy (non-hydrogen) atoms. The van der Waals surface area contributed by atoms with Crippen LogP contribution in [0.2, 0.25) is 0 Å². The molecule has 0 unspecified atom stereocenters. The van der Waals surface area contributed by atoms with E-state index in [1.165, 1.54) is 0 Å². The highest BCUT2D eigenvalue weighted by atomic mass is 16.1. The van der Waals surface area contributed by atoms with Crippen molar-refractivity contribution in [2.45, 2.75) is 19.3 Å². The van der Waals surface area contributed by atoms with Crippen molar-refractivity contribution in [3.8, 4) is 0 Å². The number of rotatable bonds is 4. The zero-order valence-corrected chi connectivity index (χ0v) is 11.1. The van der Waals surface area contributed by atoms with Crippen molar-refractivity contribution >= 4 is 5.91 Å². The zero-order valence-electron chi connectivity index (χ0n) is 11.1. The molecule has 2 N–H and O–H groups in total. The molecular weight excluding hydrogens is 238 g/mol. The number of hydrogen-bond acceptors (Lipinski definition) is 3. The summed E-state index contributed by atoms with van der Waals surface area (Å²) in [6, 6.07) is 7.38. The first-order valence-electron chi connectivity index (χ1n) is 6.21. The highest BCUT2D eigenvalue weighted by molar-refractivity contribution is 5.91. The number of primary amides is 1. The third-order valence-electron chi connectivity index (χ3n) is 3.49. The van der Waals surface area contributed by atoms with Crippen LogP contribution in [0, 0.1) is 5.92 Å². The Hall–Kier alpha value is -2.23. The number of carbonyl (C=O) groups excluding carboxylic acids is 1. The summed E-state index contributed by atoms with van der Waals surface area (Å²) >= 11 is 0. The molecule has 0 bridgehead atoms. The Labute approximate surface area is 112 Å². The number of aromatic nitrogens is 2. The third-order valence-corrected chi connectivity index (χ3v) is 3.49. The van der Waals surface area contributed by atoms with Crippen LogP contribution in [0.25, 0.3) is 0 Å². The van der Waals surface area contributed by atoms with Gasteiger partial charge in [0.25, 0.3) is 0 Å². The van der Waals surface area contributed by atoms with Gasteiger partial charge in [-0.15, -0.1) is 0 Å². The van der Waals surface area contributed by atoms with Gasteiger partial charge in [-0.3, -0.25) is 14.8 Å². The molecule has 0 fully saturated rings. The Kier molecular flexibility index (Phi) is 3.60. The lowest BCUT2D eigenvalue weighted by molar-refractivity contribution is -0.123. The predicted molar refractivity (Wildman–Crippen MR) is 73.3 cm³/mol. The van der Waals surface area contributed by atoms with Crippen LogP contribution in [0.15, 0.2) is 49.1 Å². The molecule has 0 aliphatic carbocycles. The maximum absolute atomic E-state index is 12.2. The number of carbonyl (C=O) groups is 1. The number of pyridine rings is 2. The molecule has 0 radical (unpaired) electrons. The third kappa shape index (κ3) is 2.10. The second-order valence-corrected chi connectivity index (χ2v) is 4.81. The van der Waals surface area contributed by atoms with Gasteiger partial charge in [0.15, 0.2) is 0 Å². The summed E-state index contributed by atoms with van der Waals surface area (Å²) in [6.45, 7) is 3.95. The molecule has 0 aliphatic heterocycles. The van der Waals surface area contributed by atoms with Crippen molar-refractivity contribution in [3.63, 3.8) is 0 Å². The number of nitrogens with two attached hydrogens (primary N) is 1. The molecule has 1 amide bonds. The van der Waals surface area contributed by atoms with Crippen molar-refractivity contribution in [1.82, 2.24) is 9.97 Å². The highest BCUT2D eigenvalue weighted by Gasteiger charge is 2.43. The molecule has 0 spiro atoms. The summed E-state index contributed by atoms with van der Waals surface area (Å²) in [4.78, 5) is 20.5. The zero-order chi connectivity index (χ0) is 13.9. The first kappa shape index (κ1) is 13.2. The van der Waals surface area contributed by atoms with Gasteiger partial charge in [-0.2, -0.15) is 0 Å². The van der Waals surface area contributed by atoms with Crippen molar-refractivity contribution in [2.75, 3.05) is 0 Å². The SMILES string of the molecule is CC(C)C(C(N)=O)(c1cccnc1)c1cccnc1. The molecule has 0 atom stereocenters. The van der Waals surface area contributed by atoms with E-state index in [9.17, 15) is 4.79 Å². The summed E-state index contributed by atoms with van der Waals surface area (Å²) in [5.74, 6) is -0.387. The van der Waals surface area contributed by atoms with Crippen LogP contribution < -0.4 is 5.73 Å². The van der Waals surface area contributed by atoms with E-state index in [4.69, 9.17) is 5.73 Å². The van der Waals surface area contributed by atoms with Gasteiger partial charge in [0.05, 0.1) is 0 Å². The van der Waals surface area contributed by atoms with E-state index in [1.54, 1.807) is 24.8 Å². The first-order chi connectivity index (χ1) is 9.10. The van der Waals surface area contributed by atoms with E-state index in [0.29, 0.717) is 0 Å². The van der Waals surface area contributed by atoms with Gasteiger partial charge in [0.2, 0.25) is 5.91 Å². The smallest absolute Gasteiger partial charge is 0.232 e. The number of amides is 1. The standard InChI is InChI=1S/C15H17N3O/c1-11(2)15(14(16)19,12-5-3-7-17-9-12)13-6-4-8-18-10-13/h3-11H,1-2H3,(H2,16,19). The second kappa shape index (κ2) is 5.18. The van der Waals surface area contributed by atoms with E-state index in [-0.39, 0.29) is 11.8 Å². The van der Waals surface area contributed by atoms with E-state index in [2.05, 4.69) is 9.97 Å². The minimum absolute atomic E-state index is 0.00148. The molecule has 0 saturated carbocycles. The Balaban J connectivity index is 2.73. The Bertz CT molecular complexity index is 513. The molecule has 0 aliphatic rings. The summed E-state index contributed by atoms with van der Waals surface area (Å²) in [5.41, 5.74) is 6.44. The lowest BCUT2D eigenvalue weighted by Crippen LogP contribution is -2.46. The first-order valence-corrected chi connectivity index (χ1v) is 6.21. The molecule has 4 nitrogen and oxygen atoms in total. The maximum Gasteiger partial charge on any atom is 0.232 e. The minimum atomic E-state index is -0.900. The Morgan fingerprint density at radius 1 is 1.11 bits per heavy atom. The van der Waals surface area contributed by atoms with Gasteiger partial charge < -0.3 is 5.73 Å². The quantitative estimate of drug-likeness (QED) is 0.907. The van der Waals surface area contributed by atoms with Crippen molar-refractivity contribution < 1.29 is 4.79 Å². The van der Waals surface area contributed by atoms with Crippen LogP contribution >= 0.6 is 0 Å². The lowest BCUT2D eigenvalue weighted by Gasteiger charge is -2.35. The predicted octanol–water partition coefficient (Wildman–Crippen LogP) is 1.90. The average Bonchev–Trinajstić information content (AvgIpc) is 2.41. The van der Waals surface area contributed by atoms with Gasteiger partial charge in [-0.1, -0.05) is 26.0 Å². The van der Waals surface area contributed by atoms with Gasteiger partial charge >= 0.3 is 0 Å². The average molecular weight is 255 g/mol. The molecule has 2 heterocycles. The van der Waals surface area contributed by atoms with Crippen LogP contribution in [-0.2, 0) is 10.2 Å². The van der Waals surface area contributed by atoms with E-state index in [0.717, 1.165) is 11.1 Å². The fourth-order valence-electron chi connectivity index (χ4n) is 2.59. The van der Waals surface area contributed by atoms with E-state index < -0.39 is 5.41 Å². The number of hydrogen-bond donors (Lipinski definition) is 1. The Morgan fingerprint density at radius 2 is 1.58 bits per heavy atom. The molecule has 2 aromatic heterocycles. The fourth-order valence-corrected chi connectivity index (χ4v) is 2.59. The lowest BCUT2D eigenvalue weighted by atomic mass is 9.67. The van der Waals surface area contributed by atoms with Crippen LogP contribution in [0.1, 0.15) is 25.0 Å². The van der Waals surface area contributed by atoms with Crippen molar-refractivity contribution in [2.24, 2.45) is 11.7 Å². The van der Waals surface area contributed by atoms with Crippen molar-refractivity contribution in [1.29, 1.82) is 0 Å². The highest BCUT2D eigenvalue weighted by Crippen LogP contribution is 2.38. The largest absolute Gasteiger partial charge is 0.369 e. The van der Waals surface area contributed by atoms with Crippen molar-refractivity contribution in [3.05, 3.63) is 60.2 Å². The molecule has 2 rings (SSSR count). The van der Waals surface area contributed by atoms with E-state index >= 15 is 0 Å². The fraction of sp³-hybridized carbons (Fsp3) is 0.267. The minimum Gasteiger partial charge on any atom is -0.369 e. The molecule has 2 aromatic rings. The second-order valence-electron chi connectivity index (χ2n) is 4.81. The maximum atomic E-state index is 12.2. The molecule has 0 saturated heterocycles. The van der Waals surface area contributed by atoms with Crippen LogP contribution in [0.3, 0.4) is 0 Å². The normalized spacial score (nSPS) is 11.5. The Morgan fingerprint density at radius 3 is 1.84 bits per heavy atom. The van der Waals surface area contributed by atoms with Crippen LogP contribution in [0.4, 0.5) is 0 Å². The van der Waals surface area contributed by atoms with E-state index in [1.807, 2.05) is 38.1 Å². The molecule has 98 valence electrons. The molecular formula is C15H17N3O. The topological polar surface area (TPSA) is 68.9 Å². The summed E-state index contributed by atoms with van der Waals surface area (Å²) < 4.78 is 0. The van der Waals surface area contributed by atoms with Gasteiger partial charge in [-0.25, -0.2) is 0 Å². The number of nitrogens with zero attached hydrogens (tertiary/aromatic N) is 2. The molecule has 4 heteroatoms. The summed E-state index contributed by atoms with van der Waals surface area (Å²) in [7, 11) is 0.